The van der Waals surface area contributed by atoms with Gasteiger partial charge in [-0.25, -0.2) is 4.57 Å². The Labute approximate surface area is 77.7 Å². The third-order valence-corrected chi connectivity index (χ3v) is 1.63. The summed E-state index contributed by atoms with van der Waals surface area (Å²) in [5.74, 6) is -0.128. The highest BCUT2D eigenvalue weighted by atomic mass is 16.1. The van der Waals surface area contributed by atoms with E-state index in [0.717, 1.165) is 6.54 Å². The van der Waals surface area contributed by atoms with Gasteiger partial charge in [-0.05, 0) is 6.08 Å². The van der Waals surface area contributed by atoms with E-state index in [4.69, 9.17) is 0 Å². The predicted molar refractivity (Wildman–Crippen MR) is 49.8 cm³/mol. The molecule has 0 saturated carbocycles. The number of hydrogen-bond donors (Lipinski definition) is 1. The molecule has 13 heavy (non-hydrogen) atoms. The van der Waals surface area contributed by atoms with E-state index in [-0.39, 0.29) is 5.91 Å². The van der Waals surface area contributed by atoms with Gasteiger partial charge in [0.15, 0.2) is 18.9 Å². The molecule has 1 aromatic heterocycles. The van der Waals surface area contributed by atoms with Gasteiger partial charge < -0.3 is 5.32 Å². The average molecular weight is 177 g/mol. The molecule has 1 amide bonds. The fraction of sp³-hybridized carbons (Fsp3) is 0.200. The number of carbonyl (C=O) groups excluding carboxylic acids is 1. The first-order valence-electron chi connectivity index (χ1n) is 4.17. The Morgan fingerprint density at radius 2 is 2.08 bits per heavy atom. The van der Waals surface area contributed by atoms with Gasteiger partial charge >= 0.3 is 0 Å². The number of amides is 1. The van der Waals surface area contributed by atoms with E-state index in [1.54, 1.807) is 0 Å². The molecule has 0 atom stereocenters. The van der Waals surface area contributed by atoms with Crippen LogP contribution in [0.4, 0.5) is 0 Å². The van der Waals surface area contributed by atoms with Crippen LogP contribution in [0.5, 0.6) is 0 Å². The predicted octanol–water partition coefficient (Wildman–Crippen LogP) is 0.276. The van der Waals surface area contributed by atoms with E-state index in [2.05, 4.69) is 11.9 Å². The molecule has 0 aliphatic heterocycles. The van der Waals surface area contributed by atoms with Crippen molar-refractivity contribution >= 4 is 5.91 Å². The van der Waals surface area contributed by atoms with E-state index in [9.17, 15) is 4.79 Å². The molecule has 0 aromatic carbocycles. The highest BCUT2D eigenvalue weighted by Gasteiger charge is 1.98. The van der Waals surface area contributed by atoms with Crippen LogP contribution in [0.1, 0.15) is 0 Å². The standard InChI is InChI=1S/C10H12N2O/c1-2-10(13)11-6-9-12-7-4-3-5-8-12/h2-5,7-8H,1,6,9H2/p+1. The van der Waals surface area contributed by atoms with Crippen LogP contribution in [0.3, 0.4) is 0 Å². The molecule has 3 nitrogen and oxygen atoms in total. The zero-order valence-corrected chi connectivity index (χ0v) is 7.44. The summed E-state index contributed by atoms with van der Waals surface area (Å²) in [7, 11) is 0. The van der Waals surface area contributed by atoms with Crippen molar-refractivity contribution < 1.29 is 9.36 Å². The molecule has 0 spiro atoms. The molecule has 3 heteroatoms. The van der Waals surface area contributed by atoms with Crippen LogP contribution in [0.15, 0.2) is 43.2 Å². The molecule has 1 N–H and O–H groups in total. The lowest BCUT2D eigenvalue weighted by atomic mass is 10.4. The average Bonchev–Trinajstić information content (AvgIpc) is 2.19. The summed E-state index contributed by atoms with van der Waals surface area (Å²) in [6, 6.07) is 5.86. The molecule has 0 saturated heterocycles. The van der Waals surface area contributed by atoms with Crippen molar-refractivity contribution in [3.05, 3.63) is 43.2 Å². The van der Waals surface area contributed by atoms with Gasteiger partial charge in [-0.3, -0.25) is 4.79 Å². The van der Waals surface area contributed by atoms with Crippen LogP contribution in [0.2, 0.25) is 0 Å². The minimum Gasteiger partial charge on any atom is -0.346 e. The van der Waals surface area contributed by atoms with E-state index in [1.807, 2.05) is 35.2 Å². The maximum atomic E-state index is 10.8. The lowest BCUT2D eigenvalue weighted by Gasteiger charge is -1.97. The second-order valence-corrected chi connectivity index (χ2v) is 2.61. The van der Waals surface area contributed by atoms with Gasteiger partial charge in [-0.2, -0.15) is 0 Å². The van der Waals surface area contributed by atoms with Gasteiger partial charge in [-0.15, -0.1) is 0 Å². The second kappa shape index (κ2) is 5.09. The van der Waals surface area contributed by atoms with Crippen molar-refractivity contribution in [1.29, 1.82) is 0 Å². The summed E-state index contributed by atoms with van der Waals surface area (Å²) < 4.78 is 2.00. The molecule has 0 fully saturated rings. The number of pyridine rings is 1. The summed E-state index contributed by atoms with van der Waals surface area (Å²) in [5.41, 5.74) is 0. The van der Waals surface area contributed by atoms with E-state index < -0.39 is 0 Å². The zero-order chi connectivity index (χ0) is 9.52. The number of nitrogens with zero attached hydrogens (tertiary/aromatic N) is 1. The zero-order valence-electron chi connectivity index (χ0n) is 7.44. The van der Waals surface area contributed by atoms with Crippen molar-refractivity contribution in [2.75, 3.05) is 6.54 Å². The number of carbonyl (C=O) groups is 1. The second-order valence-electron chi connectivity index (χ2n) is 2.61. The van der Waals surface area contributed by atoms with Crippen LogP contribution in [-0.4, -0.2) is 12.5 Å². The van der Waals surface area contributed by atoms with Crippen LogP contribution < -0.4 is 9.88 Å². The number of nitrogens with one attached hydrogen (secondary N) is 1. The SMILES string of the molecule is C=CC(=O)NCC[n+]1ccccc1. The molecule has 0 unspecified atom stereocenters. The maximum absolute atomic E-state index is 10.8. The van der Waals surface area contributed by atoms with Gasteiger partial charge in [0.05, 0.1) is 6.54 Å². The quantitative estimate of drug-likeness (QED) is 0.520. The van der Waals surface area contributed by atoms with Gasteiger partial charge in [0.1, 0.15) is 0 Å². The van der Waals surface area contributed by atoms with Gasteiger partial charge in [0.2, 0.25) is 5.91 Å². The molecule has 0 radical (unpaired) electrons. The minimum atomic E-state index is -0.128. The van der Waals surface area contributed by atoms with Crippen LogP contribution in [0, 0.1) is 0 Å². The molecule has 0 aliphatic carbocycles. The number of rotatable bonds is 4. The van der Waals surface area contributed by atoms with Crippen LogP contribution in [-0.2, 0) is 11.3 Å². The first kappa shape index (κ1) is 9.45. The highest BCUT2D eigenvalue weighted by Crippen LogP contribution is 1.76. The van der Waals surface area contributed by atoms with Crippen molar-refractivity contribution in [3.8, 4) is 0 Å². The fourth-order valence-electron chi connectivity index (χ4n) is 0.964. The number of aromatic nitrogens is 1. The molecule has 1 rings (SSSR count). The Bertz CT molecular complexity index is 282. The minimum absolute atomic E-state index is 0.128. The maximum Gasteiger partial charge on any atom is 0.243 e. The molecule has 0 aliphatic rings. The van der Waals surface area contributed by atoms with Crippen molar-refractivity contribution in [2.24, 2.45) is 0 Å². The smallest absolute Gasteiger partial charge is 0.243 e. The Hall–Kier alpha value is -1.64. The normalized spacial score (nSPS) is 9.23. The van der Waals surface area contributed by atoms with Gasteiger partial charge in [-0.1, -0.05) is 12.6 Å². The lowest BCUT2D eigenvalue weighted by molar-refractivity contribution is -0.694. The highest BCUT2D eigenvalue weighted by molar-refractivity contribution is 5.86. The van der Waals surface area contributed by atoms with E-state index >= 15 is 0 Å². The fourth-order valence-corrected chi connectivity index (χ4v) is 0.964. The van der Waals surface area contributed by atoms with Crippen molar-refractivity contribution in [2.45, 2.75) is 6.54 Å². The summed E-state index contributed by atoms with van der Waals surface area (Å²) in [6.07, 6.45) is 5.19. The van der Waals surface area contributed by atoms with Crippen LogP contribution >= 0.6 is 0 Å². The molecule has 1 aromatic rings. The largest absolute Gasteiger partial charge is 0.346 e. The lowest BCUT2D eigenvalue weighted by Crippen LogP contribution is -2.39. The molecule has 0 bridgehead atoms. The monoisotopic (exact) mass is 177 g/mol. The van der Waals surface area contributed by atoms with Gasteiger partial charge in [0.25, 0.3) is 0 Å². The van der Waals surface area contributed by atoms with Crippen molar-refractivity contribution in [3.63, 3.8) is 0 Å². The Morgan fingerprint density at radius 1 is 1.38 bits per heavy atom. The van der Waals surface area contributed by atoms with Crippen molar-refractivity contribution in [1.82, 2.24) is 5.32 Å². The molecular formula is C10H13N2O+. The summed E-state index contributed by atoms with van der Waals surface area (Å²) in [6.45, 7) is 4.77. The third kappa shape index (κ3) is 3.51. The van der Waals surface area contributed by atoms with Crippen LogP contribution in [0.25, 0.3) is 0 Å². The topological polar surface area (TPSA) is 33.0 Å². The van der Waals surface area contributed by atoms with Gasteiger partial charge in [0, 0.05) is 12.1 Å². The first-order valence-corrected chi connectivity index (χ1v) is 4.17. The summed E-state index contributed by atoms with van der Waals surface area (Å²) in [5, 5.41) is 2.70. The summed E-state index contributed by atoms with van der Waals surface area (Å²) >= 11 is 0. The summed E-state index contributed by atoms with van der Waals surface area (Å²) in [4.78, 5) is 10.8. The Kier molecular flexibility index (Phi) is 3.70. The Morgan fingerprint density at radius 3 is 2.69 bits per heavy atom. The first-order chi connectivity index (χ1) is 6.33. The number of hydrogen-bond acceptors (Lipinski definition) is 1. The molecule has 68 valence electrons. The molecular weight excluding hydrogens is 164 g/mol. The van der Waals surface area contributed by atoms with E-state index in [0.29, 0.717) is 6.54 Å². The molecule has 1 heterocycles. The third-order valence-electron chi connectivity index (χ3n) is 1.63. The Balaban J connectivity index is 2.28. The van der Waals surface area contributed by atoms with E-state index in [1.165, 1.54) is 6.08 Å².